The first kappa shape index (κ1) is 12.9. The number of rotatable bonds is 4. The lowest BCUT2D eigenvalue weighted by Gasteiger charge is -2.11. The lowest BCUT2D eigenvalue weighted by atomic mass is 10.1. The van der Waals surface area contributed by atoms with Crippen LogP contribution in [-0.2, 0) is 11.2 Å². The van der Waals surface area contributed by atoms with E-state index >= 15 is 0 Å². The van der Waals surface area contributed by atoms with Gasteiger partial charge in [-0.15, -0.1) is 5.10 Å². The van der Waals surface area contributed by atoms with E-state index in [9.17, 15) is 4.79 Å². The number of nitrogens with zero attached hydrogens (tertiary/aromatic N) is 3. The minimum absolute atomic E-state index is 0.119. The second-order valence-corrected chi connectivity index (χ2v) is 3.93. The van der Waals surface area contributed by atoms with Crippen LogP contribution in [-0.4, -0.2) is 32.2 Å². The summed E-state index contributed by atoms with van der Waals surface area (Å²) in [4.78, 5) is 15.6. The highest BCUT2D eigenvalue weighted by molar-refractivity contribution is 5.93. The number of hydrogen-bond donors (Lipinski definition) is 3. The predicted octanol–water partition coefficient (Wildman–Crippen LogP) is 0.0857. The Hall–Kier alpha value is -2.54. The summed E-state index contributed by atoms with van der Waals surface area (Å²) in [5, 5.41) is 18.9. The molecule has 2 aromatic rings. The fourth-order valence-electron chi connectivity index (χ4n) is 1.49. The number of aromatic hydroxyl groups is 1. The summed E-state index contributed by atoms with van der Waals surface area (Å²) in [5.41, 5.74) is 6.64. The van der Waals surface area contributed by atoms with Crippen LogP contribution in [0.1, 0.15) is 5.56 Å². The van der Waals surface area contributed by atoms with Crippen LogP contribution in [0.15, 0.2) is 36.7 Å². The van der Waals surface area contributed by atoms with Crippen LogP contribution in [0.5, 0.6) is 5.75 Å². The first-order valence-corrected chi connectivity index (χ1v) is 5.63. The summed E-state index contributed by atoms with van der Waals surface area (Å²) in [6.07, 6.45) is 3.19. The zero-order valence-electron chi connectivity index (χ0n) is 10.0. The third kappa shape index (κ3) is 3.71. The van der Waals surface area contributed by atoms with E-state index in [0.29, 0.717) is 6.42 Å². The molecular weight excluding hydrogens is 246 g/mol. The molecule has 1 heterocycles. The lowest BCUT2D eigenvalue weighted by molar-refractivity contribution is -0.117. The minimum Gasteiger partial charge on any atom is -0.508 e. The van der Waals surface area contributed by atoms with Gasteiger partial charge in [0.25, 0.3) is 0 Å². The molecule has 1 unspecified atom stereocenters. The van der Waals surface area contributed by atoms with Crippen molar-refractivity contribution in [3.8, 4) is 5.75 Å². The van der Waals surface area contributed by atoms with Gasteiger partial charge in [0.15, 0.2) is 0 Å². The molecule has 1 atom stereocenters. The number of phenolic OH excluding ortho intramolecular Hbond substituents is 1. The van der Waals surface area contributed by atoms with E-state index < -0.39 is 6.04 Å². The zero-order chi connectivity index (χ0) is 13.7. The quantitative estimate of drug-likeness (QED) is 0.716. The van der Waals surface area contributed by atoms with Crippen LogP contribution in [0.4, 0.5) is 5.95 Å². The number of nitrogens with one attached hydrogen (secondary N) is 1. The van der Waals surface area contributed by atoms with Crippen molar-refractivity contribution in [1.29, 1.82) is 0 Å². The number of carbonyl (C=O) groups excluding carboxylic acids is 1. The van der Waals surface area contributed by atoms with Crippen molar-refractivity contribution in [1.82, 2.24) is 15.2 Å². The number of amides is 1. The molecule has 0 aliphatic heterocycles. The number of anilines is 1. The largest absolute Gasteiger partial charge is 0.508 e. The zero-order valence-corrected chi connectivity index (χ0v) is 10.0. The van der Waals surface area contributed by atoms with E-state index in [1.165, 1.54) is 12.4 Å². The maximum Gasteiger partial charge on any atom is 0.249 e. The maximum absolute atomic E-state index is 11.8. The third-order valence-electron chi connectivity index (χ3n) is 2.45. The highest BCUT2D eigenvalue weighted by Gasteiger charge is 2.15. The topological polar surface area (TPSA) is 114 Å². The molecule has 4 N–H and O–H groups in total. The number of aromatic nitrogens is 3. The molecule has 0 aliphatic rings. The Balaban J connectivity index is 1.94. The Kier molecular flexibility index (Phi) is 3.99. The van der Waals surface area contributed by atoms with Crippen molar-refractivity contribution >= 4 is 11.9 Å². The van der Waals surface area contributed by atoms with Gasteiger partial charge in [-0.25, -0.2) is 4.98 Å². The molecule has 2 rings (SSSR count). The molecule has 1 aromatic heterocycles. The SMILES string of the molecule is NC(Cc1ccc(O)cc1)C(=O)Nc1nccnn1. The van der Waals surface area contributed by atoms with Crippen LogP contribution in [0.3, 0.4) is 0 Å². The molecule has 1 amide bonds. The molecule has 0 fully saturated rings. The summed E-state index contributed by atoms with van der Waals surface area (Å²) < 4.78 is 0. The van der Waals surface area contributed by atoms with E-state index in [4.69, 9.17) is 10.8 Å². The second-order valence-electron chi connectivity index (χ2n) is 3.93. The van der Waals surface area contributed by atoms with E-state index in [2.05, 4.69) is 20.5 Å². The van der Waals surface area contributed by atoms with Gasteiger partial charge in [-0.3, -0.25) is 10.1 Å². The van der Waals surface area contributed by atoms with Crippen molar-refractivity contribution < 1.29 is 9.90 Å². The van der Waals surface area contributed by atoms with Crippen molar-refractivity contribution in [2.75, 3.05) is 5.32 Å². The Bertz CT molecular complexity index is 544. The monoisotopic (exact) mass is 259 g/mol. The number of benzene rings is 1. The molecular formula is C12H13N5O2. The van der Waals surface area contributed by atoms with Gasteiger partial charge in [-0.05, 0) is 24.1 Å². The van der Waals surface area contributed by atoms with E-state index in [1.54, 1.807) is 24.3 Å². The average Bonchev–Trinajstić information content (AvgIpc) is 2.42. The molecule has 0 bridgehead atoms. The smallest absolute Gasteiger partial charge is 0.249 e. The predicted molar refractivity (Wildman–Crippen MR) is 68.2 cm³/mol. The number of carbonyl (C=O) groups is 1. The van der Waals surface area contributed by atoms with Gasteiger partial charge < -0.3 is 10.8 Å². The van der Waals surface area contributed by atoms with Crippen LogP contribution >= 0.6 is 0 Å². The second kappa shape index (κ2) is 5.87. The van der Waals surface area contributed by atoms with Crippen molar-refractivity contribution in [2.45, 2.75) is 12.5 Å². The summed E-state index contributed by atoms with van der Waals surface area (Å²) in [6.45, 7) is 0. The molecule has 0 saturated heterocycles. The normalized spacial score (nSPS) is 11.8. The van der Waals surface area contributed by atoms with Crippen molar-refractivity contribution in [3.63, 3.8) is 0 Å². The van der Waals surface area contributed by atoms with Crippen molar-refractivity contribution in [3.05, 3.63) is 42.2 Å². The van der Waals surface area contributed by atoms with Crippen LogP contribution in [0.2, 0.25) is 0 Å². The van der Waals surface area contributed by atoms with E-state index in [1.807, 2.05) is 0 Å². The lowest BCUT2D eigenvalue weighted by Crippen LogP contribution is -2.37. The Morgan fingerprint density at radius 3 is 2.68 bits per heavy atom. The molecule has 0 radical (unpaired) electrons. The maximum atomic E-state index is 11.8. The van der Waals surface area contributed by atoms with Gasteiger partial charge in [0, 0.05) is 0 Å². The summed E-state index contributed by atoms with van der Waals surface area (Å²) in [7, 11) is 0. The molecule has 98 valence electrons. The van der Waals surface area contributed by atoms with Crippen LogP contribution in [0.25, 0.3) is 0 Å². The van der Waals surface area contributed by atoms with E-state index in [-0.39, 0.29) is 17.6 Å². The Morgan fingerprint density at radius 1 is 1.32 bits per heavy atom. The summed E-state index contributed by atoms with van der Waals surface area (Å²) in [5.74, 6) is -0.0970. The van der Waals surface area contributed by atoms with Gasteiger partial charge in [-0.1, -0.05) is 12.1 Å². The summed E-state index contributed by atoms with van der Waals surface area (Å²) in [6, 6.07) is 5.79. The van der Waals surface area contributed by atoms with Crippen LogP contribution < -0.4 is 11.1 Å². The van der Waals surface area contributed by atoms with Gasteiger partial charge >= 0.3 is 0 Å². The first-order valence-electron chi connectivity index (χ1n) is 5.63. The van der Waals surface area contributed by atoms with Crippen molar-refractivity contribution in [2.24, 2.45) is 5.73 Å². The molecule has 0 aliphatic carbocycles. The standard InChI is InChI=1S/C12H13N5O2/c13-10(7-8-1-3-9(18)4-2-8)11(19)16-12-14-5-6-15-17-12/h1-6,10,18H,7,13H2,(H,14,16,17,19). The highest BCUT2D eigenvalue weighted by atomic mass is 16.3. The third-order valence-corrected chi connectivity index (χ3v) is 2.45. The molecule has 7 nitrogen and oxygen atoms in total. The fraction of sp³-hybridized carbons (Fsp3) is 0.167. The molecule has 19 heavy (non-hydrogen) atoms. The van der Waals surface area contributed by atoms with Gasteiger partial charge in [-0.2, -0.15) is 5.10 Å². The van der Waals surface area contributed by atoms with Gasteiger partial charge in [0.05, 0.1) is 18.4 Å². The average molecular weight is 259 g/mol. The minimum atomic E-state index is -0.728. The highest BCUT2D eigenvalue weighted by Crippen LogP contribution is 2.11. The molecule has 1 aromatic carbocycles. The van der Waals surface area contributed by atoms with Gasteiger partial charge in [0.2, 0.25) is 11.9 Å². The molecule has 0 spiro atoms. The number of hydrogen-bond acceptors (Lipinski definition) is 6. The number of nitrogens with two attached hydrogens (primary N) is 1. The molecule has 0 saturated carbocycles. The number of phenols is 1. The Labute approximate surface area is 109 Å². The van der Waals surface area contributed by atoms with Gasteiger partial charge in [0.1, 0.15) is 5.75 Å². The summed E-state index contributed by atoms with van der Waals surface area (Å²) >= 11 is 0. The van der Waals surface area contributed by atoms with Crippen LogP contribution in [0, 0.1) is 0 Å². The fourth-order valence-corrected chi connectivity index (χ4v) is 1.49. The van der Waals surface area contributed by atoms with E-state index in [0.717, 1.165) is 5.56 Å². The first-order chi connectivity index (χ1) is 9.15. The Morgan fingerprint density at radius 2 is 2.05 bits per heavy atom. The molecule has 7 heteroatoms.